The van der Waals surface area contributed by atoms with E-state index in [1.807, 2.05) is 38.1 Å². The fourth-order valence-corrected chi connectivity index (χ4v) is 3.89. The first kappa shape index (κ1) is 20.4. The topological polar surface area (TPSA) is 68.0 Å². The molecule has 4 aromatic rings. The summed E-state index contributed by atoms with van der Waals surface area (Å²) in [5, 5.41) is 4.48. The number of pyridine rings is 2. The van der Waals surface area contributed by atoms with E-state index < -0.39 is 0 Å². The number of aromatic nitrogens is 2. The molecule has 4 rings (SSSR count). The van der Waals surface area contributed by atoms with Crippen LogP contribution in [0.3, 0.4) is 0 Å². The van der Waals surface area contributed by atoms with Crippen LogP contribution in [0.25, 0.3) is 22.3 Å². The largest absolute Gasteiger partial charge is 0.455 e. The quantitative estimate of drug-likeness (QED) is 0.375. The SMILES string of the molecule is Cc1cc([C@@H](C)Nc2ccc(Cl)nc2Cl)c2oc(-c3cccnc3)c(C)c(=O)c2c1. The highest BCUT2D eigenvalue weighted by Gasteiger charge is 2.19. The normalized spacial score (nSPS) is 12.2. The number of rotatable bonds is 4. The maximum Gasteiger partial charge on any atom is 0.196 e. The number of anilines is 1. The van der Waals surface area contributed by atoms with Gasteiger partial charge in [0.15, 0.2) is 10.6 Å². The van der Waals surface area contributed by atoms with Crippen LogP contribution in [-0.4, -0.2) is 9.97 Å². The highest BCUT2D eigenvalue weighted by Crippen LogP contribution is 2.33. The van der Waals surface area contributed by atoms with Crippen LogP contribution in [0.5, 0.6) is 0 Å². The van der Waals surface area contributed by atoms with Crippen LogP contribution in [-0.2, 0) is 0 Å². The van der Waals surface area contributed by atoms with E-state index in [0.717, 1.165) is 16.7 Å². The summed E-state index contributed by atoms with van der Waals surface area (Å²) in [6.45, 7) is 5.70. The third kappa shape index (κ3) is 3.78. The molecule has 0 fully saturated rings. The lowest BCUT2D eigenvalue weighted by atomic mass is 9.99. The fraction of sp³-hybridized carbons (Fsp3) is 0.174. The molecule has 0 radical (unpaired) electrons. The molecular weight excluding hydrogens is 421 g/mol. The summed E-state index contributed by atoms with van der Waals surface area (Å²) in [5.74, 6) is 0.518. The number of hydrogen-bond acceptors (Lipinski definition) is 5. The minimum atomic E-state index is -0.208. The summed E-state index contributed by atoms with van der Waals surface area (Å²) < 4.78 is 6.30. The molecule has 0 saturated carbocycles. The van der Waals surface area contributed by atoms with Gasteiger partial charge in [-0.25, -0.2) is 4.98 Å². The zero-order chi connectivity index (χ0) is 21.4. The summed E-state index contributed by atoms with van der Waals surface area (Å²) in [6, 6.07) is 10.8. The first-order valence-corrected chi connectivity index (χ1v) is 10.2. The molecule has 0 unspecified atom stereocenters. The molecule has 5 nitrogen and oxygen atoms in total. The van der Waals surface area contributed by atoms with Crippen molar-refractivity contribution in [1.29, 1.82) is 0 Å². The smallest absolute Gasteiger partial charge is 0.196 e. The van der Waals surface area contributed by atoms with E-state index in [1.165, 1.54) is 0 Å². The van der Waals surface area contributed by atoms with Crippen LogP contribution in [0, 0.1) is 13.8 Å². The Morgan fingerprint density at radius 3 is 2.63 bits per heavy atom. The number of nitrogens with one attached hydrogen (secondary N) is 1. The third-order valence-electron chi connectivity index (χ3n) is 4.97. The van der Waals surface area contributed by atoms with Gasteiger partial charge in [0.2, 0.25) is 0 Å². The number of benzene rings is 1. The van der Waals surface area contributed by atoms with Gasteiger partial charge in [-0.15, -0.1) is 0 Å². The van der Waals surface area contributed by atoms with Crippen LogP contribution in [0.4, 0.5) is 5.69 Å². The second kappa shape index (κ2) is 8.09. The predicted octanol–water partition coefficient (Wildman–Crippen LogP) is 6.35. The maximum absolute atomic E-state index is 13.2. The summed E-state index contributed by atoms with van der Waals surface area (Å²) in [7, 11) is 0. The van der Waals surface area contributed by atoms with Crippen LogP contribution in [0.15, 0.2) is 58.0 Å². The number of nitrogens with zero attached hydrogens (tertiary/aromatic N) is 2. The summed E-state index contributed by atoms with van der Waals surface area (Å²) in [6.07, 6.45) is 3.37. The van der Waals surface area contributed by atoms with Crippen molar-refractivity contribution in [3.63, 3.8) is 0 Å². The lowest BCUT2D eigenvalue weighted by Gasteiger charge is -2.19. The molecule has 0 aliphatic heterocycles. The Balaban J connectivity index is 1.89. The van der Waals surface area contributed by atoms with E-state index in [0.29, 0.717) is 33.1 Å². The second-order valence-corrected chi connectivity index (χ2v) is 7.94. The van der Waals surface area contributed by atoms with Gasteiger partial charge in [0, 0.05) is 29.1 Å². The van der Waals surface area contributed by atoms with E-state index in [-0.39, 0.29) is 16.6 Å². The van der Waals surface area contributed by atoms with E-state index in [1.54, 1.807) is 31.5 Å². The highest BCUT2D eigenvalue weighted by atomic mass is 35.5. The van der Waals surface area contributed by atoms with E-state index in [2.05, 4.69) is 15.3 Å². The van der Waals surface area contributed by atoms with Crippen molar-refractivity contribution >= 4 is 39.9 Å². The Kier molecular flexibility index (Phi) is 5.50. The van der Waals surface area contributed by atoms with Crippen molar-refractivity contribution in [3.8, 4) is 11.3 Å². The first-order chi connectivity index (χ1) is 14.3. The summed E-state index contributed by atoms with van der Waals surface area (Å²) >= 11 is 12.1. The molecule has 152 valence electrons. The number of aryl methyl sites for hydroxylation is 1. The molecule has 3 heterocycles. The summed E-state index contributed by atoms with van der Waals surface area (Å²) in [5.41, 5.74) is 4.24. The Labute approximate surface area is 183 Å². The molecule has 0 aliphatic rings. The van der Waals surface area contributed by atoms with Gasteiger partial charge in [0.1, 0.15) is 16.5 Å². The zero-order valence-corrected chi connectivity index (χ0v) is 18.2. The van der Waals surface area contributed by atoms with Gasteiger partial charge in [-0.1, -0.05) is 29.3 Å². The number of halogens is 2. The molecule has 30 heavy (non-hydrogen) atoms. The lowest BCUT2D eigenvalue weighted by Crippen LogP contribution is -2.12. The molecule has 0 spiro atoms. The van der Waals surface area contributed by atoms with Crippen LogP contribution in [0.1, 0.15) is 29.7 Å². The van der Waals surface area contributed by atoms with E-state index in [9.17, 15) is 4.79 Å². The molecular formula is C23H19Cl2N3O2. The molecule has 0 amide bonds. The Morgan fingerprint density at radius 1 is 1.13 bits per heavy atom. The standard InChI is InChI=1S/C23H19Cl2N3O2/c1-12-9-16(14(3)27-18-6-7-19(24)28-23(18)25)22-17(10-12)20(29)13(2)21(30-22)15-5-4-8-26-11-15/h4-11,14,27H,1-3H3/t14-/m1/s1. The average Bonchev–Trinajstić information content (AvgIpc) is 2.73. The Morgan fingerprint density at radius 2 is 1.93 bits per heavy atom. The van der Waals surface area contributed by atoms with Crippen molar-refractivity contribution in [2.45, 2.75) is 26.8 Å². The van der Waals surface area contributed by atoms with Crippen LogP contribution < -0.4 is 10.7 Å². The van der Waals surface area contributed by atoms with Gasteiger partial charge in [-0.2, -0.15) is 0 Å². The van der Waals surface area contributed by atoms with Gasteiger partial charge >= 0.3 is 0 Å². The Bertz CT molecular complexity index is 1300. The van der Waals surface area contributed by atoms with Crippen LogP contribution in [0.2, 0.25) is 10.3 Å². The molecule has 1 aromatic carbocycles. The van der Waals surface area contributed by atoms with E-state index in [4.69, 9.17) is 27.6 Å². The minimum Gasteiger partial charge on any atom is -0.455 e. The Hall–Kier alpha value is -2.89. The average molecular weight is 440 g/mol. The third-order valence-corrected chi connectivity index (χ3v) is 5.47. The highest BCUT2D eigenvalue weighted by molar-refractivity contribution is 6.34. The molecule has 7 heteroatoms. The van der Waals surface area contributed by atoms with Gasteiger partial charge in [-0.3, -0.25) is 9.78 Å². The van der Waals surface area contributed by atoms with Gasteiger partial charge in [0.05, 0.1) is 17.1 Å². The van der Waals surface area contributed by atoms with Gasteiger partial charge in [0.25, 0.3) is 0 Å². The predicted molar refractivity (Wildman–Crippen MR) is 121 cm³/mol. The zero-order valence-electron chi connectivity index (χ0n) is 16.7. The van der Waals surface area contributed by atoms with Crippen LogP contribution >= 0.6 is 23.2 Å². The van der Waals surface area contributed by atoms with Gasteiger partial charge < -0.3 is 9.73 Å². The van der Waals surface area contributed by atoms with Crippen molar-refractivity contribution in [2.24, 2.45) is 0 Å². The van der Waals surface area contributed by atoms with Crippen molar-refractivity contribution in [3.05, 3.63) is 86.0 Å². The maximum atomic E-state index is 13.2. The number of fused-ring (bicyclic) bond motifs is 1. The molecule has 1 N–H and O–H groups in total. The molecule has 1 atom stereocenters. The molecule has 0 saturated heterocycles. The number of hydrogen-bond donors (Lipinski definition) is 1. The monoisotopic (exact) mass is 439 g/mol. The summed E-state index contributed by atoms with van der Waals surface area (Å²) in [4.78, 5) is 21.4. The van der Waals surface area contributed by atoms with Crippen molar-refractivity contribution < 1.29 is 4.42 Å². The lowest BCUT2D eigenvalue weighted by molar-refractivity contribution is 0.605. The molecule has 0 bridgehead atoms. The first-order valence-electron chi connectivity index (χ1n) is 9.42. The van der Waals surface area contributed by atoms with E-state index >= 15 is 0 Å². The minimum absolute atomic E-state index is 0.0570. The van der Waals surface area contributed by atoms with Crippen molar-refractivity contribution in [2.75, 3.05) is 5.32 Å². The van der Waals surface area contributed by atoms with Gasteiger partial charge in [-0.05, 0) is 56.7 Å². The fourth-order valence-electron chi connectivity index (χ4n) is 3.49. The second-order valence-electron chi connectivity index (χ2n) is 7.20. The molecule has 3 aromatic heterocycles. The molecule has 0 aliphatic carbocycles. The van der Waals surface area contributed by atoms with Crippen molar-refractivity contribution in [1.82, 2.24) is 9.97 Å².